The van der Waals surface area contributed by atoms with Gasteiger partial charge in [0, 0.05) is 44.1 Å². The van der Waals surface area contributed by atoms with Crippen molar-refractivity contribution in [2.45, 2.75) is 25.9 Å². The van der Waals surface area contributed by atoms with Crippen molar-refractivity contribution in [3.05, 3.63) is 28.4 Å². The topological polar surface area (TPSA) is 102 Å². The fourth-order valence-electron chi connectivity index (χ4n) is 2.58. The molecule has 0 N–H and O–H groups in total. The van der Waals surface area contributed by atoms with E-state index in [0.29, 0.717) is 0 Å². The van der Waals surface area contributed by atoms with Crippen molar-refractivity contribution in [2.24, 2.45) is 17.3 Å². The van der Waals surface area contributed by atoms with Gasteiger partial charge in [0.1, 0.15) is 5.69 Å². The van der Waals surface area contributed by atoms with E-state index in [9.17, 15) is 31.8 Å². The molecular formula is C16H21F3N4O4S. The monoisotopic (exact) mass is 422 g/mol. The maximum Gasteiger partial charge on any atom is 0.392 e. The van der Waals surface area contributed by atoms with Gasteiger partial charge < -0.3 is 9.47 Å². The lowest BCUT2D eigenvalue weighted by Crippen LogP contribution is -2.35. The molecule has 2 heterocycles. The summed E-state index contributed by atoms with van der Waals surface area (Å²) in [6, 6.07) is 1.09. The highest BCUT2D eigenvalue weighted by atomic mass is 32.2. The number of amides is 2. The Morgan fingerprint density at radius 2 is 2.00 bits per heavy atom. The zero-order valence-corrected chi connectivity index (χ0v) is 16.3. The first-order valence-corrected chi connectivity index (χ1v) is 10.4. The molecule has 1 aromatic heterocycles. The van der Waals surface area contributed by atoms with Gasteiger partial charge >= 0.3 is 6.18 Å². The van der Waals surface area contributed by atoms with E-state index in [-0.39, 0.29) is 36.7 Å². The van der Waals surface area contributed by atoms with Gasteiger partial charge in [-0.2, -0.15) is 17.5 Å². The largest absolute Gasteiger partial charge is 0.392 e. The van der Waals surface area contributed by atoms with E-state index in [1.807, 2.05) is 0 Å². The first-order valence-electron chi connectivity index (χ1n) is 8.55. The van der Waals surface area contributed by atoms with Gasteiger partial charge in [0.25, 0.3) is 17.4 Å². The van der Waals surface area contributed by atoms with E-state index < -0.39 is 45.6 Å². The fourth-order valence-corrected chi connectivity index (χ4v) is 4.50. The zero-order valence-electron chi connectivity index (χ0n) is 15.4. The molecule has 1 aliphatic heterocycles. The second kappa shape index (κ2) is 8.41. The molecule has 12 heteroatoms. The van der Waals surface area contributed by atoms with Crippen molar-refractivity contribution in [2.75, 3.05) is 24.6 Å². The summed E-state index contributed by atoms with van der Waals surface area (Å²) in [5.41, 5.74) is -0.458. The molecule has 28 heavy (non-hydrogen) atoms. The predicted octanol–water partition coefficient (Wildman–Crippen LogP) is 1.21. The summed E-state index contributed by atoms with van der Waals surface area (Å²) in [4.78, 5) is 41.2. The van der Waals surface area contributed by atoms with Crippen molar-refractivity contribution < 1.29 is 27.0 Å². The number of aromatic nitrogens is 2. The van der Waals surface area contributed by atoms with Crippen LogP contribution in [0.5, 0.6) is 0 Å². The van der Waals surface area contributed by atoms with Gasteiger partial charge in [-0.25, -0.2) is 9.19 Å². The number of carbonyl (C=O) groups is 2. The third-order valence-electron chi connectivity index (χ3n) is 4.36. The fraction of sp³-hybridized carbons (Fsp3) is 0.625. The molecule has 0 radical (unpaired) electrons. The Morgan fingerprint density at radius 1 is 1.32 bits per heavy atom. The molecule has 2 rings (SSSR count). The lowest BCUT2D eigenvalue weighted by molar-refractivity contribution is -0.173. The number of hydrogen-bond acceptors (Lipinski definition) is 5. The number of rotatable bonds is 3. The second-order valence-electron chi connectivity index (χ2n) is 6.68. The molecule has 1 aliphatic rings. The van der Waals surface area contributed by atoms with Crippen LogP contribution in [0.25, 0.3) is 0 Å². The molecule has 156 valence electrons. The summed E-state index contributed by atoms with van der Waals surface area (Å²) in [5, 5.41) is 0. The molecule has 1 saturated heterocycles. The molecule has 0 saturated carbocycles. The van der Waals surface area contributed by atoms with Crippen LogP contribution >= 0.6 is 0 Å². The summed E-state index contributed by atoms with van der Waals surface area (Å²) in [6.07, 6.45) is -3.91. The van der Waals surface area contributed by atoms with E-state index >= 15 is 0 Å². The Labute approximate surface area is 159 Å². The summed E-state index contributed by atoms with van der Waals surface area (Å²) in [5.74, 6) is -3.56. The Kier molecular flexibility index (Phi) is 6.63. The van der Waals surface area contributed by atoms with E-state index in [2.05, 4.69) is 9.35 Å². The molecule has 1 aromatic rings. The number of carbonyl (C=O) groups excluding carboxylic acids is 2. The number of hydrogen-bond donors (Lipinski definition) is 0. The first kappa shape index (κ1) is 22.1. The van der Waals surface area contributed by atoms with Crippen molar-refractivity contribution in [3.63, 3.8) is 0 Å². The lowest BCUT2D eigenvalue weighted by Gasteiger charge is -2.19. The van der Waals surface area contributed by atoms with Crippen LogP contribution in [-0.2, 0) is 21.6 Å². The zero-order chi connectivity index (χ0) is 21.1. The van der Waals surface area contributed by atoms with E-state index in [0.717, 1.165) is 13.0 Å². The van der Waals surface area contributed by atoms with Gasteiger partial charge in [-0.15, -0.1) is 0 Å². The van der Waals surface area contributed by atoms with Gasteiger partial charge in [-0.1, -0.05) is 6.92 Å². The molecule has 0 aliphatic carbocycles. The minimum absolute atomic E-state index is 0.000160. The normalized spacial score (nSPS) is 21.7. The second-order valence-corrected chi connectivity index (χ2v) is 9.23. The smallest absolute Gasteiger partial charge is 0.336 e. The minimum Gasteiger partial charge on any atom is -0.336 e. The first-order chi connectivity index (χ1) is 12.9. The number of aryl methyl sites for hydroxylation is 1. The molecule has 1 fully saturated rings. The third-order valence-corrected chi connectivity index (χ3v) is 6.65. The Bertz CT molecular complexity index is 935. The molecule has 0 bridgehead atoms. The Morgan fingerprint density at radius 3 is 2.61 bits per heavy atom. The van der Waals surface area contributed by atoms with E-state index in [1.54, 1.807) is 0 Å². The molecule has 2 atom stereocenters. The maximum absolute atomic E-state index is 12.8. The van der Waals surface area contributed by atoms with Crippen LogP contribution in [0.15, 0.2) is 21.6 Å². The van der Waals surface area contributed by atoms with Gasteiger partial charge in [0.15, 0.2) is 0 Å². The highest BCUT2D eigenvalue weighted by molar-refractivity contribution is 7.93. The third kappa shape index (κ3) is 5.63. The van der Waals surface area contributed by atoms with E-state index in [1.165, 1.54) is 22.8 Å². The minimum atomic E-state index is -4.52. The molecule has 0 aromatic carbocycles. The summed E-state index contributed by atoms with van der Waals surface area (Å²) in [7, 11) is -1.56. The lowest BCUT2D eigenvalue weighted by atomic mass is 10.1. The highest BCUT2D eigenvalue weighted by Crippen LogP contribution is 2.28. The van der Waals surface area contributed by atoms with Gasteiger partial charge in [-0.05, 0) is 6.42 Å². The highest BCUT2D eigenvalue weighted by Gasteiger charge is 2.37. The molecule has 0 spiro atoms. The summed E-state index contributed by atoms with van der Waals surface area (Å²) < 4.78 is 55.2. The van der Waals surface area contributed by atoms with Gasteiger partial charge in [-0.3, -0.25) is 14.4 Å². The van der Waals surface area contributed by atoms with Crippen molar-refractivity contribution in [1.29, 1.82) is 0 Å². The SMILES string of the molecule is CC(CC(=O)N=S1(=O)CCCN(C(=O)c2cc(=O)n(C)cn2)CC1)C(F)(F)F. The van der Waals surface area contributed by atoms with Crippen LogP contribution in [0.4, 0.5) is 13.2 Å². The van der Waals surface area contributed by atoms with Crippen molar-refractivity contribution >= 4 is 21.5 Å². The molecular weight excluding hydrogens is 401 g/mol. The van der Waals surface area contributed by atoms with Crippen LogP contribution in [-0.4, -0.2) is 61.2 Å². The predicted molar refractivity (Wildman–Crippen MR) is 95.1 cm³/mol. The summed E-state index contributed by atoms with van der Waals surface area (Å²) in [6.45, 7) is 1.08. The number of halogens is 3. The van der Waals surface area contributed by atoms with Crippen molar-refractivity contribution in [3.8, 4) is 0 Å². The summed E-state index contributed by atoms with van der Waals surface area (Å²) >= 11 is 0. The number of nitrogens with zero attached hydrogens (tertiary/aromatic N) is 4. The van der Waals surface area contributed by atoms with Crippen LogP contribution in [0.2, 0.25) is 0 Å². The molecule has 8 nitrogen and oxygen atoms in total. The molecule has 2 amide bonds. The quantitative estimate of drug-likeness (QED) is 0.729. The van der Waals surface area contributed by atoms with Gasteiger partial charge in [0.2, 0.25) is 0 Å². The number of alkyl halides is 3. The molecule has 2 unspecified atom stereocenters. The van der Waals surface area contributed by atoms with Crippen LogP contribution in [0.1, 0.15) is 30.3 Å². The Hall–Kier alpha value is -2.24. The standard InChI is InChI=1S/C16H21F3N4O4S/c1-11(16(17,18)19)8-13(24)21-28(27)6-3-4-23(5-7-28)15(26)12-9-14(25)22(2)10-20-12/h9-11H,3-8H2,1-2H3. The van der Waals surface area contributed by atoms with Gasteiger partial charge in [0.05, 0.1) is 22.0 Å². The average Bonchev–Trinajstić information content (AvgIpc) is 2.77. The Balaban J connectivity index is 2.10. The van der Waals surface area contributed by atoms with Crippen LogP contribution < -0.4 is 5.56 Å². The maximum atomic E-state index is 12.8. The average molecular weight is 422 g/mol. The van der Waals surface area contributed by atoms with Crippen molar-refractivity contribution in [1.82, 2.24) is 14.5 Å². The van der Waals surface area contributed by atoms with Crippen LogP contribution in [0, 0.1) is 5.92 Å². The van der Waals surface area contributed by atoms with Crippen LogP contribution in [0.3, 0.4) is 0 Å². The van der Waals surface area contributed by atoms with E-state index in [4.69, 9.17) is 0 Å².